The summed E-state index contributed by atoms with van der Waals surface area (Å²) in [5.74, 6) is 0.149. The SMILES string of the molecule is COc1ccc2[nH]c3c(Cl)ncnc3c2c1S(N)(=O)=O. The molecular formula is C11H9ClN4O3S. The molecule has 0 spiro atoms. The molecule has 9 heteroatoms. The number of rotatable bonds is 2. The van der Waals surface area contributed by atoms with Gasteiger partial charge in [-0.2, -0.15) is 0 Å². The number of benzene rings is 1. The first kappa shape index (κ1) is 13.1. The maximum Gasteiger partial charge on any atom is 0.242 e. The van der Waals surface area contributed by atoms with Crippen LogP contribution in [-0.4, -0.2) is 30.5 Å². The molecule has 0 amide bonds. The molecule has 104 valence electrons. The summed E-state index contributed by atoms with van der Waals surface area (Å²) in [6.07, 6.45) is 1.25. The summed E-state index contributed by atoms with van der Waals surface area (Å²) in [4.78, 5) is 10.8. The van der Waals surface area contributed by atoms with Crippen molar-refractivity contribution in [1.82, 2.24) is 15.0 Å². The van der Waals surface area contributed by atoms with Gasteiger partial charge < -0.3 is 9.72 Å². The van der Waals surface area contributed by atoms with Crippen molar-refractivity contribution in [3.8, 4) is 5.75 Å². The van der Waals surface area contributed by atoms with Crippen molar-refractivity contribution in [1.29, 1.82) is 0 Å². The van der Waals surface area contributed by atoms with Crippen LogP contribution < -0.4 is 9.88 Å². The number of aromatic amines is 1. The number of H-pyrrole nitrogens is 1. The Morgan fingerprint density at radius 3 is 2.75 bits per heavy atom. The fraction of sp³-hybridized carbons (Fsp3) is 0.0909. The van der Waals surface area contributed by atoms with Crippen LogP contribution in [0.4, 0.5) is 0 Å². The number of nitrogens with zero attached hydrogens (tertiary/aromatic N) is 2. The normalized spacial score (nSPS) is 12.2. The second-order valence-electron chi connectivity index (χ2n) is 4.08. The lowest BCUT2D eigenvalue weighted by molar-refractivity contribution is 0.404. The average molecular weight is 313 g/mol. The summed E-state index contributed by atoms with van der Waals surface area (Å²) in [7, 11) is -2.63. The number of sulfonamides is 1. The molecule has 0 aliphatic rings. The minimum atomic E-state index is -3.99. The van der Waals surface area contributed by atoms with Gasteiger partial charge in [0.25, 0.3) is 0 Å². The van der Waals surface area contributed by atoms with Crippen molar-refractivity contribution in [3.05, 3.63) is 23.6 Å². The highest BCUT2D eigenvalue weighted by molar-refractivity contribution is 7.89. The van der Waals surface area contributed by atoms with Gasteiger partial charge in [0.1, 0.15) is 28.0 Å². The van der Waals surface area contributed by atoms with E-state index in [1.807, 2.05) is 0 Å². The first-order chi connectivity index (χ1) is 9.43. The molecule has 0 radical (unpaired) electrons. The molecule has 0 saturated carbocycles. The average Bonchev–Trinajstić information content (AvgIpc) is 2.76. The Hall–Kier alpha value is -1.90. The third-order valence-corrected chi connectivity index (χ3v) is 4.18. The zero-order chi connectivity index (χ0) is 14.5. The van der Waals surface area contributed by atoms with Gasteiger partial charge in [-0.3, -0.25) is 0 Å². The molecule has 7 nitrogen and oxygen atoms in total. The molecule has 1 aromatic carbocycles. The second-order valence-corrected chi connectivity index (χ2v) is 5.93. The van der Waals surface area contributed by atoms with Crippen LogP contribution in [0.5, 0.6) is 5.75 Å². The lowest BCUT2D eigenvalue weighted by atomic mass is 10.2. The van der Waals surface area contributed by atoms with Crippen LogP contribution in [0.3, 0.4) is 0 Å². The molecule has 2 aromatic heterocycles. The van der Waals surface area contributed by atoms with Crippen LogP contribution in [0.2, 0.25) is 5.15 Å². The molecule has 0 unspecified atom stereocenters. The molecule has 20 heavy (non-hydrogen) atoms. The van der Waals surface area contributed by atoms with Gasteiger partial charge in [0.2, 0.25) is 10.0 Å². The minimum Gasteiger partial charge on any atom is -0.495 e. The van der Waals surface area contributed by atoms with Gasteiger partial charge in [-0.05, 0) is 12.1 Å². The van der Waals surface area contributed by atoms with Crippen LogP contribution in [0.25, 0.3) is 21.9 Å². The molecule has 0 bridgehead atoms. The van der Waals surface area contributed by atoms with E-state index >= 15 is 0 Å². The van der Waals surface area contributed by atoms with E-state index < -0.39 is 10.0 Å². The number of nitrogens with one attached hydrogen (secondary N) is 1. The van der Waals surface area contributed by atoms with Gasteiger partial charge in [0, 0.05) is 10.9 Å². The summed E-state index contributed by atoms with van der Waals surface area (Å²) < 4.78 is 28.8. The molecule has 2 heterocycles. The van der Waals surface area contributed by atoms with E-state index in [1.54, 1.807) is 6.07 Å². The van der Waals surface area contributed by atoms with Crippen LogP contribution in [0.1, 0.15) is 0 Å². The predicted molar refractivity (Wildman–Crippen MR) is 74.3 cm³/mol. The summed E-state index contributed by atoms with van der Waals surface area (Å²) in [5.41, 5.74) is 1.36. The van der Waals surface area contributed by atoms with Crippen molar-refractivity contribution in [3.63, 3.8) is 0 Å². The first-order valence-corrected chi connectivity index (χ1v) is 7.37. The fourth-order valence-electron chi connectivity index (χ4n) is 2.15. The van der Waals surface area contributed by atoms with Gasteiger partial charge in [-0.25, -0.2) is 23.5 Å². The van der Waals surface area contributed by atoms with E-state index in [4.69, 9.17) is 21.5 Å². The highest BCUT2D eigenvalue weighted by Crippen LogP contribution is 2.36. The van der Waals surface area contributed by atoms with Crippen LogP contribution in [-0.2, 0) is 10.0 Å². The Morgan fingerprint density at radius 1 is 1.35 bits per heavy atom. The Morgan fingerprint density at radius 2 is 2.10 bits per heavy atom. The number of hydrogen-bond donors (Lipinski definition) is 2. The number of primary sulfonamides is 1. The van der Waals surface area contributed by atoms with Gasteiger partial charge in [0.15, 0.2) is 5.15 Å². The first-order valence-electron chi connectivity index (χ1n) is 5.45. The van der Waals surface area contributed by atoms with Gasteiger partial charge in [-0.1, -0.05) is 11.6 Å². The molecule has 0 atom stereocenters. The van der Waals surface area contributed by atoms with Crippen LogP contribution >= 0.6 is 11.6 Å². The van der Waals surface area contributed by atoms with Crippen molar-refractivity contribution < 1.29 is 13.2 Å². The van der Waals surface area contributed by atoms with Crippen molar-refractivity contribution >= 4 is 43.6 Å². The predicted octanol–water partition coefficient (Wildman–Crippen LogP) is 1.42. The third-order valence-electron chi connectivity index (χ3n) is 2.92. The summed E-state index contributed by atoms with van der Waals surface area (Å²) >= 11 is 5.97. The zero-order valence-corrected chi connectivity index (χ0v) is 11.8. The third kappa shape index (κ3) is 1.80. The quantitative estimate of drug-likeness (QED) is 0.695. The fourth-order valence-corrected chi connectivity index (χ4v) is 3.25. The van der Waals surface area contributed by atoms with E-state index in [9.17, 15) is 8.42 Å². The largest absolute Gasteiger partial charge is 0.495 e. The smallest absolute Gasteiger partial charge is 0.242 e. The van der Waals surface area contributed by atoms with Crippen LogP contribution in [0, 0.1) is 0 Å². The van der Waals surface area contributed by atoms with E-state index in [-0.39, 0.29) is 15.8 Å². The lowest BCUT2D eigenvalue weighted by Gasteiger charge is -2.07. The Balaban J connectivity index is 2.63. The molecular weight excluding hydrogens is 304 g/mol. The molecule has 3 aromatic rings. The standard InChI is InChI=1S/C11H9ClN4O3S/c1-19-6-3-2-5-7(10(6)20(13,17)18)8-9(16-5)11(12)15-4-14-8/h2-4,16H,1H3,(H2,13,17,18). The van der Waals surface area contributed by atoms with E-state index in [0.29, 0.717) is 21.9 Å². The number of hydrogen-bond acceptors (Lipinski definition) is 5. The van der Waals surface area contributed by atoms with Crippen molar-refractivity contribution in [2.75, 3.05) is 7.11 Å². The molecule has 0 aliphatic carbocycles. The zero-order valence-electron chi connectivity index (χ0n) is 10.2. The minimum absolute atomic E-state index is 0.126. The number of halogens is 1. The summed E-state index contributed by atoms with van der Waals surface area (Å²) in [6.45, 7) is 0. The Bertz CT molecular complexity index is 936. The molecule has 3 rings (SSSR count). The molecule has 0 aliphatic heterocycles. The number of fused-ring (bicyclic) bond motifs is 3. The van der Waals surface area contributed by atoms with Gasteiger partial charge in [0.05, 0.1) is 7.11 Å². The van der Waals surface area contributed by atoms with Crippen molar-refractivity contribution in [2.45, 2.75) is 4.90 Å². The highest BCUT2D eigenvalue weighted by atomic mass is 35.5. The monoisotopic (exact) mass is 312 g/mol. The Kier molecular flexibility index (Phi) is 2.82. The van der Waals surface area contributed by atoms with Gasteiger partial charge in [-0.15, -0.1) is 0 Å². The van der Waals surface area contributed by atoms with Gasteiger partial charge >= 0.3 is 0 Å². The molecule has 0 fully saturated rings. The second kappa shape index (κ2) is 4.30. The number of methoxy groups -OCH3 is 1. The molecule has 0 saturated heterocycles. The topological polar surface area (TPSA) is 111 Å². The maximum atomic E-state index is 11.9. The number of aromatic nitrogens is 3. The van der Waals surface area contributed by atoms with E-state index in [1.165, 1.54) is 19.5 Å². The van der Waals surface area contributed by atoms with E-state index in [2.05, 4.69) is 15.0 Å². The van der Waals surface area contributed by atoms with E-state index in [0.717, 1.165) is 0 Å². The summed E-state index contributed by atoms with van der Waals surface area (Å²) in [6, 6.07) is 3.18. The maximum absolute atomic E-state index is 11.9. The van der Waals surface area contributed by atoms with Crippen molar-refractivity contribution in [2.24, 2.45) is 5.14 Å². The number of nitrogens with two attached hydrogens (primary N) is 1. The van der Waals surface area contributed by atoms with Crippen LogP contribution in [0.15, 0.2) is 23.4 Å². The highest BCUT2D eigenvalue weighted by Gasteiger charge is 2.23. The lowest BCUT2D eigenvalue weighted by Crippen LogP contribution is -2.14. The molecule has 3 N–H and O–H groups in total. The summed E-state index contributed by atoms with van der Waals surface area (Å²) in [5, 5.41) is 5.83. The number of ether oxygens (including phenoxy) is 1. The Labute approximate surface area is 118 Å².